The number of nitrogens with one attached hydrogen (secondary N) is 1. The topological polar surface area (TPSA) is 68.0 Å². The first-order chi connectivity index (χ1) is 10.6. The first kappa shape index (κ1) is 16.2. The second-order valence-corrected chi connectivity index (χ2v) is 5.63. The summed E-state index contributed by atoms with van der Waals surface area (Å²) in [5.74, 6) is 1.11. The maximum Gasteiger partial charge on any atom is 0.231 e. The molecule has 1 aromatic carbocycles. The molecule has 0 unspecified atom stereocenters. The van der Waals surface area contributed by atoms with Gasteiger partial charge in [-0.15, -0.1) is 0 Å². The molecule has 0 fully saturated rings. The molecule has 1 heterocycles. The van der Waals surface area contributed by atoms with Gasteiger partial charge < -0.3 is 9.84 Å². The van der Waals surface area contributed by atoms with E-state index in [-0.39, 0.29) is 17.9 Å². The van der Waals surface area contributed by atoms with Gasteiger partial charge in [-0.2, -0.15) is 4.98 Å². The lowest BCUT2D eigenvalue weighted by Crippen LogP contribution is -2.32. The minimum atomic E-state index is -0.250. The summed E-state index contributed by atoms with van der Waals surface area (Å²) < 4.78 is 5.27. The number of carbonyl (C=O) groups is 1. The maximum atomic E-state index is 12.0. The minimum absolute atomic E-state index is 0.00291. The Morgan fingerprint density at radius 3 is 2.68 bits per heavy atom. The van der Waals surface area contributed by atoms with Gasteiger partial charge in [0.2, 0.25) is 11.8 Å². The molecular formula is C17H23N3O2. The van der Waals surface area contributed by atoms with Gasteiger partial charge in [-0.1, -0.05) is 55.8 Å². The van der Waals surface area contributed by atoms with Gasteiger partial charge in [0.05, 0.1) is 12.5 Å². The van der Waals surface area contributed by atoms with Crippen molar-refractivity contribution in [3.8, 4) is 0 Å². The Morgan fingerprint density at radius 1 is 1.27 bits per heavy atom. The first-order valence-corrected chi connectivity index (χ1v) is 7.77. The molecule has 5 heteroatoms. The summed E-state index contributed by atoms with van der Waals surface area (Å²) in [6.07, 6.45) is 2.47. The van der Waals surface area contributed by atoms with Crippen LogP contribution in [-0.2, 0) is 11.2 Å². The Labute approximate surface area is 131 Å². The summed E-state index contributed by atoms with van der Waals surface area (Å²) in [6.45, 7) is 5.87. The van der Waals surface area contributed by atoms with E-state index in [9.17, 15) is 4.79 Å². The van der Waals surface area contributed by atoms with Crippen LogP contribution in [0.15, 0.2) is 34.9 Å². The lowest BCUT2D eigenvalue weighted by molar-refractivity contribution is -0.125. The van der Waals surface area contributed by atoms with Gasteiger partial charge in [0.25, 0.3) is 0 Å². The number of rotatable bonds is 7. The number of benzene rings is 1. The van der Waals surface area contributed by atoms with Crippen LogP contribution in [0.4, 0.5) is 0 Å². The molecule has 5 nitrogen and oxygen atoms in total. The van der Waals surface area contributed by atoms with E-state index in [1.54, 1.807) is 0 Å². The number of hydrogen-bond acceptors (Lipinski definition) is 4. The van der Waals surface area contributed by atoms with Crippen molar-refractivity contribution >= 4 is 5.91 Å². The van der Waals surface area contributed by atoms with Gasteiger partial charge in [0, 0.05) is 5.92 Å². The van der Waals surface area contributed by atoms with Gasteiger partial charge in [-0.25, -0.2) is 0 Å². The smallest absolute Gasteiger partial charge is 0.231 e. The zero-order chi connectivity index (χ0) is 15.9. The highest BCUT2D eigenvalue weighted by Crippen LogP contribution is 2.13. The van der Waals surface area contributed by atoms with Gasteiger partial charge >= 0.3 is 0 Å². The lowest BCUT2D eigenvalue weighted by atomic mass is 10.1. The van der Waals surface area contributed by atoms with Gasteiger partial charge in [0.15, 0.2) is 5.82 Å². The van der Waals surface area contributed by atoms with Crippen LogP contribution in [0, 0.1) is 5.92 Å². The number of hydrogen-bond donors (Lipinski definition) is 1. The number of carbonyl (C=O) groups excluding carboxylic acids is 1. The Morgan fingerprint density at radius 2 is 2.00 bits per heavy atom. The van der Waals surface area contributed by atoms with Crippen molar-refractivity contribution in [1.29, 1.82) is 0 Å². The normalized spacial score (nSPS) is 13.6. The van der Waals surface area contributed by atoms with Gasteiger partial charge in [0.1, 0.15) is 0 Å². The minimum Gasteiger partial charge on any atom is -0.346 e. The van der Waals surface area contributed by atoms with E-state index < -0.39 is 0 Å². The van der Waals surface area contributed by atoms with E-state index in [0.717, 1.165) is 18.4 Å². The van der Waals surface area contributed by atoms with Crippen LogP contribution in [0.25, 0.3) is 0 Å². The summed E-state index contributed by atoms with van der Waals surface area (Å²) in [5, 5.41) is 6.90. The molecule has 0 saturated carbocycles. The standard InChI is InChI=1S/C17H23N3O2/c1-4-8-12(2)17(21)18-13(3)16-19-15(22-20-16)11-14-9-6-5-7-10-14/h5-7,9-10,12-13H,4,8,11H2,1-3H3,(H,18,21)/t12-,13+/m0/s1. The number of nitrogens with zero attached hydrogens (tertiary/aromatic N) is 2. The Balaban J connectivity index is 1.94. The van der Waals surface area contributed by atoms with Crippen LogP contribution in [0.5, 0.6) is 0 Å². The highest BCUT2D eigenvalue weighted by Gasteiger charge is 2.19. The van der Waals surface area contributed by atoms with Crippen LogP contribution in [0.1, 0.15) is 56.9 Å². The summed E-state index contributed by atoms with van der Waals surface area (Å²) in [5.41, 5.74) is 1.12. The van der Waals surface area contributed by atoms with Crippen molar-refractivity contribution in [2.24, 2.45) is 5.92 Å². The fourth-order valence-electron chi connectivity index (χ4n) is 2.27. The van der Waals surface area contributed by atoms with E-state index in [1.807, 2.05) is 44.2 Å². The van der Waals surface area contributed by atoms with E-state index in [1.165, 1.54) is 0 Å². The molecule has 0 aliphatic rings. The summed E-state index contributed by atoms with van der Waals surface area (Å²) in [6, 6.07) is 9.70. The van der Waals surface area contributed by atoms with Crippen LogP contribution < -0.4 is 5.32 Å². The third-order valence-electron chi connectivity index (χ3n) is 3.60. The second-order valence-electron chi connectivity index (χ2n) is 5.63. The third-order valence-corrected chi connectivity index (χ3v) is 3.60. The molecule has 1 aromatic heterocycles. The quantitative estimate of drug-likeness (QED) is 0.852. The molecule has 1 amide bonds. The van der Waals surface area contributed by atoms with Crippen molar-refractivity contribution < 1.29 is 9.32 Å². The van der Waals surface area contributed by atoms with Crippen molar-refractivity contribution in [2.45, 2.75) is 46.1 Å². The summed E-state index contributed by atoms with van der Waals surface area (Å²) in [7, 11) is 0. The monoisotopic (exact) mass is 301 g/mol. The molecule has 2 aromatic rings. The van der Waals surface area contributed by atoms with Gasteiger partial charge in [-0.05, 0) is 18.9 Å². The molecule has 1 N–H and O–H groups in total. The molecule has 0 radical (unpaired) electrons. The summed E-state index contributed by atoms with van der Waals surface area (Å²) in [4.78, 5) is 16.4. The fourth-order valence-corrected chi connectivity index (χ4v) is 2.27. The highest BCUT2D eigenvalue weighted by molar-refractivity contribution is 5.78. The van der Waals surface area contributed by atoms with Crippen molar-refractivity contribution in [1.82, 2.24) is 15.5 Å². The molecule has 0 aliphatic heterocycles. The zero-order valence-electron chi connectivity index (χ0n) is 13.4. The van der Waals surface area contributed by atoms with Crippen LogP contribution >= 0.6 is 0 Å². The fraction of sp³-hybridized carbons (Fsp3) is 0.471. The third kappa shape index (κ3) is 4.41. The van der Waals surface area contributed by atoms with Crippen LogP contribution in [0.2, 0.25) is 0 Å². The molecule has 0 bridgehead atoms. The molecule has 2 rings (SSSR count). The Kier molecular flexibility index (Phi) is 5.69. The van der Waals surface area contributed by atoms with Crippen molar-refractivity contribution in [2.75, 3.05) is 0 Å². The molecule has 118 valence electrons. The zero-order valence-corrected chi connectivity index (χ0v) is 13.4. The summed E-state index contributed by atoms with van der Waals surface area (Å²) >= 11 is 0. The average Bonchev–Trinajstić information content (AvgIpc) is 2.97. The van der Waals surface area contributed by atoms with E-state index >= 15 is 0 Å². The van der Waals surface area contributed by atoms with E-state index in [2.05, 4.69) is 22.4 Å². The molecule has 22 heavy (non-hydrogen) atoms. The second kappa shape index (κ2) is 7.73. The molecule has 0 spiro atoms. The van der Waals surface area contributed by atoms with Crippen LogP contribution in [-0.4, -0.2) is 16.0 Å². The Bertz CT molecular complexity index is 595. The largest absolute Gasteiger partial charge is 0.346 e. The lowest BCUT2D eigenvalue weighted by Gasteiger charge is -2.14. The predicted molar refractivity (Wildman–Crippen MR) is 84.2 cm³/mol. The Hall–Kier alpha value is -2.17. The number of aromatic nitrogens is 2. The molecule has 0 aliphatic carbocycles. The van der Waals surface area contributed by atoms with E-state index in [4.69, 9.17) is 4.52 Å². The number of amides is 1. The molecule has 0 saturated heterocycles. The highest BCUT2D eigenvalue weighted by atomic mass is 16.5. The molecule has 2 atom stereocenters. The van der Waals surface area contributed by atoms with Crippen LogP contribution in [0.3, 0.4) is 0 Å². The predicted octanol–water partition coefficient (Wildman–Crippen LogP) is 3.27. The van der Waals surface area contributed by atoms with Gasteiger partial charge in [-0.3, -0.25) is 4.79 Å². The average molecular weight is 301 g/mol. The van der Waals surface area contributed by atoms with E-state index in [0.29, 0.717) is 18.1 Å². The SMILES string of the molecule is CCC[C@H](C)C(=O)N[C@H](C)c1noc(Cc2ccccc2)n1. The van der Waals surface area contributed by atoms with Crippen molar-refractivity contribution in [3.05, 3.63) is 47.6 Å². The maximum absolute atomic E-state index is 12.0. The van der Waals surface area contributed by atoms with Crippen molar-refractivity contribution in [3.63, 3.8) is 0 Å². The first-order valence-electron chi connectivity index (χ1n) is 7.77. The molecular weight excluding hydrogens is 278 g/mol.